The van der Waals surface area contributed by atoms with Crippen LogP contribution in [0.3, 0.4) is 0 Å². The molecule has 51 heavy (non-hydrogen) atoms. The number of hydrogen-bond donors (Lipinski definition) is 5. The Kier molecular flexibility index (Phi) is 16.2. The van der Waals surface area contributed by atoms with Crippen LogP contribution in [0.5, 0.6) is 0 Å². The minimum Gasteiger partial charge on any atom is -0.480 e. The van der Waals surface area contributed by atoms with E-state index in [1.165, 1.54) is 16.9 Å². The van der Waals surface area contributed by atoms with Gasteiger partial charge in [-0.05, 0) is 61.5 Å². The second kappa shape index (κ2) is 19.8. The molecule has 0 spiro atoms. The molecule has 0 saturated carbocycles. The SMILES string of the molecule is COC1CCN(C(=O)[C@H](CC(C)C)NC(=O)[C@@H](N)CCSC)[C@@H]1C(=O)N[C@H](C(=O)N[C@@H](Cc1ccccc1)C(=O)N1CCC[C@H]1C(=O)O)C(C)C. The van der Waals surface area contributed by atoms with Gasteiger partial charge in [0.2, 0.25) is 29.5 Å². The summed E-state index contributed by atoms with van der Waals surface area (Å²) in [4.78, 5) is 83.4. The van der Waals surface area contributed by atoms with E-state index in [0.29, 0.717) is 37.9 Å². The molecule has 2 aliphatic rings. The van der Waals surface area contributed by atoms with Crippen LogP contribution in [0.4, 0.5) is 0 Å². The summed E-state index contributed by atoms with van der Waals surface area (Å²) >= 11 is 1.57. The van der Waals surface area contributed by atoms with Crippen LogP contribution in [0, 0.1) is 11.8 Å². The Hall–Kier alpha value is -3.69. The zero-order chi connectivity index (χ0) is 37.8. The van der Waals surface area contributed by atoms with Gasteiger partial charge in [-0.15, -0.1) is 0 Å². The summed E-state index contributed by atoms with van der Waals surface area (Å²) in [7, 11) is 1.45. The minimum absolute atomic E-state index is 0.0432. The number of nitrogens with zero attached hydrogens (tertiary/aromatic N) is 2. The summed E-state index contributed by atoms with van der Waals surface area (Å²) in [5.74, 6) is -3.41. The predicted molar refractivity (Wildman–Crippen MR) is 194 cm³/mol. The lowest BCUT2D eigenvalue weighted by atomic mass is 9.99. The van der Waals surface area contributed by atoms with Crippen LogP contribution < -0.4 is 21.7 Å². The van der Waals surface area contributed by atoms with E-state index in [1.807, 2.05) is 50.4 Å². The van der Waals surface area contributed by atoms with E-state index < -0.39 is 83.8 Å². The molecule has 7 atom stereocenters. The maximum atomic E-state index is 14.1. The van der Waals surface area contributed by atoms with Gasteiger partial charge in [0.1, 0.15) is 30.2 Å². The normalized spacial score (nSPS) is 21.2. The number of ether oxygens (including phenoxy) is 1. The molecule has 14 nitrogen and oxygen atoms in total. The monoisotopic (exact) mass is 732 g/mol. The van der Waals surface area contributed by atoms with E-state index in [-0.39, 0.29) is 25.4 Å². The van der Waals surface area contributed by atoms with Gasteiger partial charge in [0, 0.05) is 26.6 Å². The van der Waals surface area contributed by atoms with Crippen molar-refractivity contribution in [2.24, 2.45) is 17.6 Å². The first-order chi connectivity index (χ1) is 24.2. The molecule has 2 aliphatic heterocycles. The smallest absolute Gasteiger partial charge is 0.326 e. The van der Waals surface area contributed by atoms with Crippen molar-refractivity contribution in [3.8, 4) is 0 Å². The number of methoxy groups -OCH3 is 1. The van der Waals surface area contributed by atoms with Gasteiger partial charge in [0.05, 0.1) is 12.1 Å². The number of benzene rings is 1. The molecule has 284 valence electrons. The number of hydrogen-bond acceptors (Lipinski definition) is 9. The number of carbonyl (C=O) groups excluding carboxylic acids is 5. The first kappa shape index (κ1) is 41.7. The minimum atomic E-state index is -1.10. The van der Waals surface area contributed by atoms with Gasteiger partial charge in [-0.2, -0.15) is 11.8 Å². The van der Waals surface area contributed by atoms with Crippen molar-refractivity contribution in [3.05, 3.63) is 35.9 Å². The summed E-state index contributed by atoms with van der Waals surface area (Å²) in [6.07, 6.45) is 3.36. The zero-order valence-corrected chi connectivity index (χ0v) is 31.4. The Bertz CT molecular complexity index is 1360. The summed E-state index contributed by atoms with van der Waals surface area (Å²) in [6, 6.07) is 3.11. The molecule has 2 saturated heterocycles. The molecular weight excluding hydrogens is 676 g/mol. The van der Waals surface area contributed by atoms with Crippen LogP contribution in [0.25, 0.3) is 0 Å². The molecule has 1 aromatic carbocycles. The third kappa shape index (κ3) is 11.4. The highest BCUT2D eigenvalue weighted by atomic mass is 32.2. The Balaban J connectivity index is 1.83. The van der Waals surface area contributed by atoms with Crippen molar-refractivity contribution < 1.29 is 38.6 Å². The van der Waals surface area contributed by atoms with Gasteiger partial charge in [-0.1, -0.05) is 58.0 Å². The molecule has 6 N–H and O–H groups in total. The third-order valence-corrected chi connectivity index (χ3v) is 10.1. The fourth-order valence-corrected chi connectivity index (χ4v) is 7.18. The average Bonchev–Trinajstić information content (AvgIpc) is 3.76. The molecule has 1 aromatic rings. The molecule has 0 radical (unpaired) electrons. The molecule has 15 heteroatoms. The molecule has 0 aromatic heterocycles. The fourth-order valence-electron chi connectivity index (χ4n) is 6.69. The summed E-state index contributed by atoms with van der Waals surface area (Å²) in [6.45, 7) is 7.82. The van der Waals surface area contributed by atoms with Gasteiger partial charge < -0.3 is 41.3 Å². The van der Waals surface area contributed by atoms with Crippen molar-refractivity contribution in [2.45, 2.75) is 109 Å². The van der Waals surface area contributed by atoms with Crippen LogP contribution in [-0.2, 0) is 39.9 Å². The van der Waals surface area contributed by atoms with Gasteiger partial charge >= 0.3 is 5.97 Å². The van der Waals surface area contributed by atoms with E-state index in [9.17, 15) is 33.9 Å². The molecule has 2 heterocycles. The molecular formula is C36H56N6O8S. The number of nitrogens with one attached hydrogen (secondary N) is 3. The van der Waals surface area contributed by atoms with Crippen LogP contribution in [-0.4, -0.2) is 125 Å². The van der Waals surface area contributed by atoms with Gasteiger partial charge in [0.15, 0.2) is 0 Å². The Morgan fingerprint density at radius 3 is 2.16 bits per heavy atom. The Labute approximate surface area is 305 Å². The fraction of sp³-hybridized carbons (Fsp3) is 0.667. The quantitative estimate of drug-likeness (QED) is 0.146. The predicted octanol–water partition coefficient (Wildman–Crippen LogP) is 1.16. The maximum Gasteiger partial charge on any atom is 0.326 e. The highest BCUT2D eigenvalue weighted by Crippen LogP contribution is 2.24. The van der Waals surface area contributed by atoms with E-state index in [2.05, 4.69) is 16.0 Å². The van der Waals surface area contributed by atoms with E-state index in [0.717, 1.165) is 5.56 Å². The molecule has 0 aliphatic carbocycles. The van der Waals surface area contributed by atoms with Crippen molar-refractivity contribution in [1.29, 1.82) is 0 Å². The highest BCUT2D eigenvalue weighted by molar-refractivity contribution is 7.98. The first-order valence-electron chi connectivity index (χ1n) is 17.8. The lowest BCUT2D eigenvalue weighted by Gasteiger charge is -2.33. The van der Waals surface area contributed by atoms with Crippen LogP contribution in [0.15, 0.2) is 30.3 Å². The Morgan fingerprint density at radius 1 is 0.922 bits per heavy atom. The van der Waals surface area contributed by atoms with Gasteiger partial charge in [-0.25, -0.2) is 4.79 Å². The number of likely N-dealkylation sites (tertiary alicyclic amines) is 2. The number of thioether (sulfide) groups is 1. The topological polar surface area (TPSA) is 200 Å². The first-order valence-corrected chi connectivity index (χ1v) is 19.2. The summed E-state index contributed by atoms with van der Waals surface area (Å²) in [5, 5.41) is 18.2. The van der Waals surface area contributed by atoms with Crippen molar-refractivity contribution >= 4 is 47.3 Å². The molecule has 5 amide bonds. The molecule has 3 rings (SSSR count). The largest absolute Gasteiger partial charge is 0.480 e. The van der Waals surface area contributed by atoms with E-state index in [4.69, 9.17) is 10.5 Å². The lowest BCUT2D eigenvalue weighted by Crippen LogP contribution is -2.61. The highest BCUT2D eigenvalue weighted by Gasteiger charge is 2.46. The number of amides is 5. The second-order valence-corrected chi connectivity index (χ2v) is 15.1. The molecule has 2 fully saturated rings. The third-order valence-electron chi connectivity index (χ3n) is 9.45. The van der Waals surface area contributed by atoms with Crippen LogP contribution in [0.2, 0.25) is 0 Å². The van der Waals surface area contributed by atoms with Gasteiger partial charge in [-0.3, -0.25) is 24.0 Å². The average molecular weight is 733 g/mol. The number of nitrogens with two attached hydrogens (primary N) is 1. The summed E-state index contributed by atoms with van der Waals surface area (Å²) in [5.41, 5.74) is 6.86. The number of carboxylic acid groups (broad SMARTS) is 1. The van der Waals surface area contributed by atoms with E-state index >= 15 is 0 Å². The van der Waals surface area contributed by atoms with Crippen molar-refractivity contribution in [1.82, 2.24) is 25.8 Å². The van der Waals surface area contributed by atoms with E-state index in [1.54, 1.807) is 25.6 Å². The second-order valence-electron chi connectivity index (χ2n) is 14.1. The molecule has 1 unspecified atom stereocenters. The summed E-state index contributed by atoms with van der Waals surface area (Å²) < 4.78 is 5.64. The Morgan fingerprint density at radius 2 is 1.57 bits per heavy atom. The number of carboxylic acids is 1. The number of rotatable bonds is 18. The van der Waals surface area contributed by atoms with Gasteiger partial charge in [0.25, 0.3) is 0 Å². The molecule has 0 bridgehead atoms. The van der Waals surface area contributed by atoms with Crippen LogP contribution in [0.1, 0.15) is 65.4 Å². The number of aliphatic carboxylic acids is 1. The van der Waals surface area contributed by atoms with Crippen molar-refractivity contribution in [2.75, 3.05) is 32.2 Å². The van der Waals surface area contributed by atoms with Crippen LogP contribution >= 0.6 is 11.8 Å². The maximum absolute atomic E-state index is 14.1. The lowest BCUT2D eigenvalue weighted by molar-refractivity contribution is -0.149. The standard InChI is InChI=1S/C36H56N6O8S/c1-21(2)19-25(38-31(43)24(37)15-18-51-6)35(47)42-17-14-28(50-5)30(42)33(45)40-29(22(3)4)32(44)39-26(20-23-11-8-7-9-12-23)34(46)41-16-10-13-27(41)36(48)49/h7-9,11-12,21-22,24-30H,10,13-20,37H2,1-6H3,(H,38,43)(H,39,44)(H,40,45)(H,48,49)/t24-,25-,26-,27-,28?,29-,30-/m0/s1. The zero-order valence-electron chi connectivity index (χ0n) is 30.6. The number of carbonyl (C=O) groups is 6. The van der Waals surface area contributed by atoms with Crippen molar-refractivity contribution in [3.63, 3.8) is 0 Å².